The van der Waals surface area contributed by atoms with Crippen LogP contribution in [0.25, 0.3) is 0 Å². The molecule has 27 heavy (non-hydrogen) atoms. The standard InChI is InChI=1S/C16H17N7O4/c1-15(2,13(25)26)23-8-10(7-19-23)20-14-18-5-3-11(21-14)22-6-4-16(27,9-17)12(22)24/h3,5,7-8,27H,4,6H2,1-2H3,(H,25,26)(H,18,20,21)/t16-/m0/s1. The molecule has 0 saturated carbocycles. The zero-order valence-corrected chi connectivity index (χ0v) is 14.6. The van der Waals surface area contributed by atoms with E-state index in [1.807, 2.05) is 0 Å². The molecule has 2 aromatic rings. The Labute approximate surface area is 153 Å². The molecule has 0 spiro atoms. The second-order valence-corrected chi connectivity index (χ2v) is 6.58. The molecule has 3 rings (SSSR count). The third kappa shape index (κ3) is 3.18. The Balaban J connectivity index is 1.80. The van der Waals surface area contributed by atoms with Gasteiger partial charge in [-0.2, -0.15) is 15.3 Å². The van der Waals surface area contributed by atoms with Crippen molar-refractivity contribution in [2.75, 3.05) is 16.8 Å². The number of hydrogen-bond acceptors (Lipinski definition) is 8. The highest BCUT2D eigenvalue weighted by Crippen LogP contribution is 2.27. The summed E-state index contributed by atoms with van der Waals surface area (Å²) in [6.07, 6.45) is 4.34. The van der Waals surface area contributed by atoms with Crippen LogP contribution in [0.3, 0.4) is 0 Å². The molecule has 0 radical (unpaired) electrons. The number of nitrogens with zero attached hydrogens (tertiary/aromatic N) is 6. The molecule has 1 fully saturated rings. The van der Waals surface area contributed by atoms with Crippen LogP contribution in [0.15, 0.2) is 24.7 Å². The van der Waals surface area contributed by atoms with Gasteiger partial charge in [-0.05, 0) is 19.9 Å². The Kier molecular flexibility index (Phi) is 4.28. The average Bonchev–Trinajstić information content (AvgIpc) is 3.21. The monoisotopic (exact) mass is 371 g/mol. The Morgan fingerprint density at radius 3 is 2.85 bits per heavy atom. The van der Waals surface area contributed by atoms with Crippen LogP contribution < -0.4 is 10.2 Å². The maximum absolute atomic E-state index is 12.2. The van der Waals surface area contributed by atoms with Crippen LogP contribution in [-0.2, 0) is 15.1 Å². The molecule has 0 bridgehead atoms. The molecule has 1 atom stereocenters. The van der Waals surface area contributed by atoms with Crippen molar-refractivity contribution in [1.29, 1.82) is 5.26 Å². The molecule has 1 saturated heterocycles. The predicted molar refractivity (Wildman–Crippen MR) is 92.0 cm³/mol. The van der Waals surface area contributed by atoms with Gasteiger partial charge in [0.05, 0.1) is 11.9 Å². The van der Waals surface area contributed by atoms with Gasteiger partial charge in [-0.25, -0.2) is 9.78 Å². The number of hydrogen-bond donors (Lipinski definition) is 3. The van der Waals surface area contributed by atoms with E-state index in [0.717, 1.165) is 0 Å². The molecular weight excluding hydrogens is 354 g/mol. The highest BCUT2D eigenvalue weighted by Gasteiger charge is 2.46. The molecule has 3 heterocycles. The van der Waals surface area contributed by atoms with Crippen molar-refractivity contribution in [3.05, 3.63) is 24.7 Å². The summed E-state index contributed by atoms with van der Waals surface area (Å²) >= 11 is 0. The zero-order valence-electron chi connectivity index (χ0n) is 14.6. The Hall–Kier alpha value is -3.52. The van der Waals surface area contributed by atoms with E-state index in [0.29, 0.717) is 5.69 Å². The van der Waals surface area contributed by atoms with Crippen molar-refractivity contribution in [2.45, 2.75) is 31.4 Å². The number of anilines is 3. The van der Waals surface area contributed by atoms with E-state index in [4.69, 9.17) is 5.26 Å². The molecule has 11 heteroatoms. The predicted octanol–water partition coefficient (Wildman–Crippen LogP) is 0.228. The van der Waals surface area contributed by atoms with Crippen molar-refractivity contribution in [3.8, 4) is 6.07 Å². The number of carboxylic acids is 1. The van der Waals surface area contributed by atoms with Crippen molar-refractivity contribution in [2.24, 2.45) is 0 Å². The molecule has 2 aromatic heterocycles. The van der Waals surface area contributed by atoms with Crippen LogP contribution in [0.5, 0.6) is 0 Å². The first kappa shape index (κ1) is 18.3. The fourth-order valence-corrected chi connectivity index (χ4v) is 2.51. The summed E-state index contributed by atoms with van der Waals surface area (Å²) in [5.74, 6) is -1.37. The largest absolute Gasteiger partial charge is 0.479 e. The molecule has 0 aliphatic carbocycles. The van der Waals surface area contributed by atoms with E-state index >= 15 is 0 Å². The Bertz CT molecular complexity index is 948. The lowest BCUT2D eigenvalue weighted by Crippen LogP contribution is -2.39. The van der Waals surface area contributed by atoms with Crippen molar-refractivity contribution < 1.29 is 19.8 Å². The van der Waals surface area contributed by atoms with E-state index in [9.17, 15) is 19.8 Å². The first-order valence-corrected chi connectivity index (χ1v) is 8.01. The smallest absolute Gasteiger partial charge is 0.331 e. The molecule has 1 amide bonds. The van der Waals surface area contributed by atoms with Gasteiger partial charge >= 0.3 is 5.97 Å². The number of nitrogens with one attached hydrogen (secondary N) is 1. The van der Waals surface area contributed by atoms with Crippen LogP contribution in [0.4, 0.5) is 17.5 Å². The van der Waals surface area contributed by atoms with Crippen LogP contribution >= 0.6 is 0 Å². The highest BCUT2D eigenvalue weighted by molar-refractivity contribution is 6.03. The number of nitriles is 1. The summed E-state index contributed by atoms with van der Waals surface area (Å²) in [6, 6.07) is 3.11. The van der Waals surface area contributed by atoms with Gasteiger partial charge in [0, 0.05) is 25.4 Å². The second kappa shape index (κ2) is 6.33. The van der Waals surface area contributed by atoms with E-state index < -0.39 is 23.0 Å². The van der Waals surface area contributed by atoms with Gasteiger partial charge in [0.2, 0.25) is 11.5 Å². The Morgan fingerprint density at radius 1 is 1.48 bits per heavy atom. The van der Waals surface area contributed by atoms with Gasteiger partial charge in [0.1, 0.15) is 11.9 Å². The fraction of sp³-hybridized carbons (Fsp3) is 0.375. The molecule has 3 N–H and O–H groups in total. The van der Waals surface area contributed by atoms with Crippen LogP contribution in [0.2, 0.25) is 0 Å². The maximum Gasteiger partial charge on any atom is 0.331 e. The molecule has 1 aliphatic rings. The number of aliphatic hydroxyl groups is 1. The third-order valence-electron chi connectivity index (χ3n) is 4.33. The summed E-state index contributed by atoms with van der Waals surface area (Å²) in [7, 11) is 0. The molecule has 1 aliphatic heterocycles. The lowest BCUT2D eigenvalue weighted by molar-refractivity contribution is -0.146. The average molecular weight is 371 g/mol. The van der Waals surface area contributed by atoms with Crippen LogP contribution in [0.1, 0.15) is 20.3 Å². The van der Waals surface area contributed by atoms with Crippen molar-refractivity contribution >= 4 is 29.3 Å². The second-order valence-electron chi connectivity index (χ2n) is 6.58. The van der Waals surface area contributed by atoms with Gasteiger partial charge in [0.25, 0.3) is 5.91 Å². The first-order chi connectivity index (χ1) is 12.7. The zero-order chi connectivity index (χ0) is 19.8. The Morgan fingerprint density at radius 2 is 2.22 bits per heavy atom. The van der Waals surface area contributed by atoms with Gasteiger partial charge in [-0.15, -0.1) is 0 Å². The van der Waals surface area contributed by atoms with Crippen molar-refractivity contribution in [3.63, 3.8) is 0 Å². The number of aromatic nitrogens is 4. The number of carbonyl (C=O) groups excluding carboxylic acids is 1. The van der Waals surface area contributed by atoms with Crippen LogP contribution in [0, 0.1) is 11.3 Å². The van der Waals surface area contributed by atoms with Gasteiger partial charge in [-0.3, -0.25) is 14.4 Å². The quantitative estimate of drug-likeness (QED) is 0.625. The molecule has 0 unspecified atom stereocenters. The van der Waals surface area contributed by atoms with Crippen molar-refractivity contribution in [1.82, 2.24) is 19.7 Å². The van der Waals surface area contributed by atoms with E-state index in [2.05, 4.69) is 20.4 Å². The third-order valence-corrected chi connectivity index (χ3v) is 4.33. The van der Waals surface area contributed by atoms with Gasteiger partial charge in [0.15, 0.2) is 5.54 Å². The number of aliphatic carboxylic acids is 1. The number of carbonyl (C=O) groups is 2. The number of amides is 1. The van der Waals surface area contributed by atoms with E-state index in [-0.39, 0.29) is 24.7 Å². The number of rotatable bonds is 5. The molecule has 140 valence electrons. The molecule has 11 nitrogen and oxygen atoms in total. The van der Waals surface area contributed by atoms with E-state index in [1.54, 1.807) is 6.07 Å². The normalized spacial score (nSPS) is 19.8. The minimum Gasteiger partial charge on any atom is -0.479 e. The summed E-state index contributed by atoms with van der Waals surface area (Å²) in [4.78, 5) is 33.0. The summed E-state index contributed by atoms with van der Waals surface area (Å²) < 4.78 is 1.29. The fourth-order valence-electron chi connectivity index (χ4n) is 2.51. The minimum atomic E-state index is -2.04. The summed E-state index contributed by atoms with van der Waals surface area (Å²) in [5.41, 5.74) is -2.81. The SMILES string of the molecule is CC(C)(C(=O)O)n1cc(Nc2nccc(N3CC[C@](O)(C#N)C3=O)n2)cn1. The first-order valence-electron chi connectivity index (χ1n) is 8.01. The summed E-state index contributed by atoms with van der Waals surface area (Å²) in [6.45, 7) is 3.18. The maximum atomic E-state index is 12.2. The lowest BCUT2D eigenvalue weighted by atomic mass is 10.1. The van der Waals surface area contributed by atoms with Crippen LogP contribution in [-0.4, -0.2) is 54.0 Å². The highest BCUT2D eigenvalue weighted by atomic mass is 16.4. The summed E-state index contributed by atoms with van der Waals surface area (Å²) in [5, 5.41) is 35.1. The molecule has 0 aromatic carbocycles. The lowest BCUT2D eigenvalue weighted by Gasteiger charge is -2.19. The molecular formula is C16H17N7O4. The topological polar surface area (TPSA) is 157 Å². The minimum absolute atomic E-state index is 0.00780. The number of carboxylic acid groups (broad SMARTS) is 1. The van der Waals surface area contributed by atoms with Gasteiger partial charge in [-0.1, -0.05) is 0 Å². The van der Waals surface area contributed by atoms with Gasteiger partial charge < -0.3 is 15.5 Å². The van der Waals surface area contributed by atoms with E-state index in [1.165, 1.54) is 48.1 Å².